The number of nitrogens with zero attached hydrogens (tertiary/aromatic N) is 1. The SMILES string of the molecule is COc1cc(C2SCC(=O)N2c2ccc(NC(C)=O)cc2)cc(OC)c1OC. The Morgan fingerprint density at radius 1 is 1.07 bits per heavy atom. The molecule has 0 bridgehead atoms. The first kappa shape index (κ1) is 19.9. The van der Waals surface area contributed by atoms with E-state index in [0.29, 0.717) is 28.7 Å². The van der Waals surface area contributed by atoms with E-state index >= 15 is 0 Å². The first-order valence-corrected chi connectivity index (χ1v) is 9.64. The van der Waals surface area contributed by atoms with Crippen LogP contribution in [0.1, 0.15) is 17.9 Å². The van der Waals surface area contributed by atoms with Gasteiger partial charge >= 0.3 is 0 Å². The van der Waals surface area contributed by atoms with Gasteiger partial charge in [0.2, 0.25) is 17.6 Å². The molecule has 1 fully saturated rings. The summed E-state index contributed by atoms with van der Waals surface area (Å²) >= 11 is 1.53. The number of anilines is 2. The Morgan fingerprint density at radius 3 is 2.18 bits per heavy atom. The molecule has 0 aromatic heterocycles. The highest BCUT2D eigenvalue weighted by Gasteiger charge is 2.35. The van der Waals surface area contributed by atoms with Crippen molar-refractivity contribution in [1.29, 1.82) is 0 Å². The van der Waals surface area contributed by atoms with Crippen LogP contribution in [0.15, 0.2) is 36.4 Å². The molecule has 148 valence electrons. The summed E-state index contributed by atoms with van der Waals surface area (Å²) in [6, 6.07) is 10.9. The molecule has 1 aliphatic heterocycles. The summed E-state index contributed by atoms with van der Waals surface area (Å²) in [6.45, 7) is 1.45. The summed E-state index contributed by atoms with van der Waals surface area (Å²) in [5, 5.41) is 2.50. The van der Waals surface area contributed by atoms with Crippen molar-refractivity contribution in [1.82, 2.24) is 0 Å². The van der Waals surface area contributed by atoms with E-state index in [-0.39, 0.29) is 17.2 Å². The minimum absolute atomic E-state index is 0.0102. The molecule has 0 aliphatic carbocycles. The van der Waals surface area contributed by atoms with Crippen LogP contribution in [0.2, 0.25) is 0 Å². The van der Waals surface area contributed by atoms with Crippen LogP contribution < -0.4 is 24.4 Å². The molecular weight excluding hydrogens is 380 g/mol. The van der Waals surface area contributed by atoms with Crippen LogP contribution in [0.4, 0.5) is 11.4 Å². The van der Waals surface area contributed by atoms with Crippen molar-refractivity contribution in [2.75, 3.05) is 37.3 Å². The first-order chi connectivity index (χ1) is 13.5. The van der Waals surface area contributed by atoms with Gasteiger partial charge in [0, 0.05) is 18.3 Å². The number of thioether (sulfide) groups is 1. The maximum absolute atomic E-state index is 12.6. The molecule has 7 nitrogen and oxygen atoms in total. The minimum Gasteiger partial charge on any atom is -0.493 e. The van der Waals surface area contributed by atoms with E-state index in [1.807, 2.05) is 24.3 Å². The van der Waals surface area contributed by atoms with Gasteiger partial charge in [0.15, 0.2) is 11.5 Å². The molecule has 2 aromatic rings. The van der Waals surface area contributed by atoms with Crippen molar-refractivity contribution < 1.29 is 23.8 Å². The number of hydrogen-bond donors (Lipinski definition) is 1. The van der Waals surface area contributed by atoms with Crippen LogP contribution in [0.5, 0.6) is 17.2 Å². The van der Waals surface area contributed by atoms with Gasteiger partial charge in [-0.2, -0.15) is 0 Å². The first-order valence-electron chi connectivity index (χ1n) is 8.59. The topological polar surface area (TPSA) is 77.1 Å². The summed E-state index contributed by atoms with van der Waals surface area (Å²) in [4.78, 5) is 25.5. The second-order valence-electron chi connectivity index (χ2n) is 6.11. The molecule has 2 amide bonds. The molecule has 1 N–H and O–H groups in total. The lowest BCUT2D eigenvalue weighted by Gasteiger charge is -2.25. The summed E-state index contributed by atoms with van der Waals surface area (Å²) in [5.41, 5.74) is 2.30. The monoisotopic (exact) mass is 402 g/mol. The highest BCUT2D eigenvalue weighted by atomic mass is 32.2. The zero-order valence-electron chi connectivity index (χ0n) is 16.1. The summed E-state index contributed by atoms with van der Waals surface area (Å²) in [6.07, 6.45) is 0. The van der Waals surface area contributed by atoms with Gasteiger partial charge in [0.05, 0.1) is 27.1 Å². The summed E-state index contributed by atoms with van der Waals surface area (Å²) in [5.74, 6) is 1.83. The minimum atomic E-state index is -0.229. The zero-order chi connectivity index (χ0) is 20.3. The molecule has 2 aromatic carbocycles. The summed E-state index contributed by atoms with van der Waals surface area (Å²) in [7, 11) is 4.68. The van der Waals surface area contributed by atoms with Gasteiger partial charge in [0.25, 0.3) is 0 Å². The Balaban J connectivity index is 1.97. The van der Waals surface area contributed by atoms with E-state index in [0.717, 1.165) is 11.3 Å². The van der Waals surface area contributed by atoms with E-state index in [1.54, 1.807) is 38.4 Å². The van der Waals surface area contributed by atoms with E-state index < -0.39 is 0 Å². The highest BCUT2D eigenvalue weighted by molar-refractivity contribution is 8.00. The molecule has 1 heterocycles. The van der Waals surface area contributed by atoms with Gasteiger partial charge < -0.3 is 19.5 Å². The number of hydrogen-bond acceptors (Lipinski definition) is 6. The number of benzene rings is 2. The van der Waals surface area contributed by atoms with Crippen LogP contribution in [0.3, 0.4) is 0 Å². The van der Waals surface area contributed by atoms with Crippen LogP contribution in [-0.2, 0) is 9.59 Å². The Hall–Kier alpha value is -2.87. The fourth-order valence-corrected chi connectivity index (χ4v) is 4.26. The third-order valence-corrected chi connectivity index (χ3v) is 5.52. The van der Waals surface area contributed by atoms with Crippen molar-refractivity contribution in [2.45, 2.75) is 12.3 Å². The smallest absolute Gasteiger partial charge is 0.238 e. The Bertz CT molecular complexity index is 860. The standard InChI is InChI=1S/C20H22N2O5S/c1-12(23)21-14-5-7-15(8-6-14)22-18(24)11-28-20(22)13-9-16(25-2)19(27-4)17(10-13)26-3/h5-10,20H,11H2,1-4H3,(H,21,23). The van der Waals surface area contributed by atoms with Gasteiger partial charge in [-0.15, -0.1) is 11.8 Å². The lowest BCUT2D eigenvalue weighted by Crippen LogP contribution is -2.27. The van der Waals surface area contributed by atoms with E-state index in [2.05, 4.69) is 5.32 Å². The fraction of sp³-hybridized carbons (Fsp3) is 0.300. The van der Waals surface area contributed by atoms with Gasteiger partial charge in [0.1, 0.15) is 5.37 Å². The largest absolute Gasteiger partial charge is 0.493 e. The maximum Gasteiger partial charge on any atom is 0.238 e. The molecule has 28 heavy (non-hydrogen) atoms. The van der Waals surface area contributed by atoms with Gasteiger partial charge in [-0.05, 0) is 42.0 Å². The van der Waals surface area contributed by atoms with Crippen molar-refractivity contribution in [2.24, 2.45) is 0 Å². The second kappa shape index (κ2) is 8.43. The van der Waals surface area contributed by atoms with E-state index in [1.165, 1.54) is 18.7 Å². The molecule has 1 atom stereocenters. The Morgan fingerprint density at radius 2 is 1.68 bits per heavy atom. The normalized spacial score (nSPS) is 16.1. The van der Waals surface area contributed by atoms with Crippen molar-refractivity contribution in [3.05, 3.63) is 42.0 Å². The second-order valence-corrected chi connectivity index (χ2v) is 7.18. The predicted octanol–water partition coefficient (Wildman–Crippen LogP) is 3.45. The van der Waals surface area contributed by atoms with Crippen molar-refractivity contribution in [3.63, 3.8) is 0 Å². The molecule has 3 rings (SSSR count). The number of nitrogens with one attached hydrogen (secondary N) is 1. The van der Waals surface area contributed by atoms with Crippen LogP contribution in [-0.4, -0.2) is 38.9 Å². The van der Waals surface area contributed by atoms with E-state index in [4.69, 9.17) is 14.2 Å². The lowest BCUT2D eigenvalue weighted by atomic mass is 10.1. The zero-order valence-corrected chi connectivity index (χ0v) is 17.0. The summed E-state index contributed by atoms with van der Waals surface area (Å²) < 4.78 is 16.3. The van der Waals surface area contributed by atoms with E-state index in [9.17, 15) is 9.59 Å². The average Bonchev–Trinajstić information content (AvgIpc) is 3.08. The van der Waals surface area contributed by atoms with Crippen molar-refractivity contribution >= 4 is 35.0 Å². The van der Waals surface area contributed by atoms with Gasteiger partial charge in [-0.3, -0.25) is 14.5 Å². The van der Waals surface area contributed by atoms with Gasteiger partial charge in [-0.25, -0.2) is 0 Å². The maximum atomic E-state index is 12.6. The van der Waals surface area contributed by atoms with Gasteiger partial charge in [-0.1, -0.05) is 0 Å². The number of carbonyl (C=O) groups is 2. The highest BCUT2D eigenvalue weighted by Crippen LogP contribution is 2.47. The third-order valence-electron chi connectivity index (χ3n) is 4.31. The molecule has 8 heteroatoms. The molecule has 1 unspecified atom stereocenters. The molecule has 0 saturated carbocycles. The predicted molar refractivity (Wildman–Crippen MR) is 110 cm³/mol. The number of rotatable bonds is 6. The average molecular weight is 402 g/mol. The molecular formula is C20H22N2O5S. The quantitative estimate of drug-likeness (QED) is 0.798. The molecule has 0 radical (unpaired) electrons. The lowest BCUT2D eigenvalue weighted by molar-refractivity contribution is -0.116. The number of methoxy groups -OCH3 is 3. The number of amides is 2. The number of carbonyl (C=O) groups excluding carboxylic acids is 2. The van der Waals surface area contributed by atoms with Crippen LogP contribution in [0, 0.1) is 0 Å². The van der Waals surface area contributed by atoms with Crippen LogP contribution >= 0.6 is 11.8 Å². The molecule has 0 spiro atoms. The Labute approximate surface area is 167 Å². The molecule has 1 aliphatic rings. The fourth-order valence-electron chi connectivity index (χ4n) is 3.10. The van der Waals surface area contributed by atoms with Crippen molar-refractivity contribution in [3.8, 4) is 17.2 Å². The molecule has 1 saturated heterocycles. The van der Waals surface area contributed by atoms with Crippen LogP contribution in [0.25, 0.3) is 0 Å². The number of ether oxygens (including phenoxy) is 3. The third kappa shape index (κ3) is 3.87. The Kier molecular flexibility index (Phi) is 5.99.